The topological polar surface area (TPSA) is 78.4 Å². The normalized spacial score (nSPS) is 13.8. The van der Waals surface area contributed by atoms with E-state index in [0.717, 1.165) is 18.4 Å². The van der Waals surface area contributed by atoms with Gasteiger partial charge in [0.2, 0.25) is 5.13 Å². The second-order valence-electron chi connectivity index (χ2n) is 5.39. The van der Waals surface area contributed by atoms with E-state index >= 15 is 0 Å². The number of hydrogen-bond acceptors (Lipinski definition) is 5. The van der Waals surface area contributed by atoms with Gasteiger partial charge in [0.05, 0.1) is 6.61 Å². The van der Waals surface area contributed by atoms with Crippen LogP contribution in [0.25, 0.3) is 0 Å². The molecule has 1 saturated carbocycles. The number of halogens is 1. The van der Waals surface area contributed by atoms with Crippen LogP contribution in [0, 0.1) is 5.82 Å². The van der Waals surface area contributed by atoms with Gasteiger partial charge in [-0.05, 0) is 30.5 Å². The molecule has 0 atom stereocenters. The fourth-order valence-electron chi connectivity index (χ4n) is 2.30. The highest BCUT2D eigenvalue weighted by Crippen LogP contribution is 2.27. The van der Waals surface area contributed by atoms with Crippen molar-refractivity contribution in [2.24, 2.45) is 0 Å². The molecule has 0 aliphatic heterocycles. The molecule has 1 heterocycles. The number of anilines is 1. The minimum atomic E-state index is -0.287. The molecule has 6 nitrogen and oxygen atoms in total. The van der Waals surface area contributed by atoms with Crippen LogP contribution in [0.15, 0.2) is 24.3 Å². The Morgan fingerprint density at radius 2 is 2.26 bits per heavy atom. The van der Waals surface area contributed by atoms with Crippen LogP contribution in [0.3, 0.4) is 0 Å². The van der Waals surface area contributed by atoms with E-state index in [4.69, 9.17) is 5.11 Å². The van der Waals surface area contributed by atoms with Crippen molar-refractivity contribution >= 4 is 22.5 Å². The Labute approximate surface area is 137 Å². The second-order valence-corrected chi connectivity index (χ2v) is 6.45. The third-order valence-electron chi connectivity index (χ3n) is 3.51. The van der Waals surface area contributed by atoms with Crippen LogP contribution in [-0.2, 0) is 6.42 Å². The number of urea groups is 1. The lowest BCUT2D eigenvalue weighted by molar-refractivity contribution is 0.185. The fourth-order valence-corrected chi connectivity index (χ4v) is 3.07. The number of nitrogens with one attached hydrogen (secondary N) is 1. The Balaban J connectivity index is 1.61. The summed E-state index contributed by atoms with van der Waals surface area (Å²) in [5, 5.41) is 20.8. The average Bonchev–Trinajstić information content (AvgIpc) is 3.26. The summed E-state index contributed by atoms with van der Waals surface area (Å²) < 4.78 is 13.2. The van der Waals surface area contributed by atoms with E-state index in [-0.39, 0.29) is 24.5 Å². The zero-order valence-electron chi connectivity index (χ0n) is 12.4. The molecule has 0 unspecified atom stereocenters. The van der Waals surface area contributed by atoms with Gasteiger partial charge in [-0.25, -0.2) is 9.18 Å². The summed E-state index contributed by atoms with van der Waals surface area (Å²) >= 11 is 1.26. The van der Waals surface area contributed by atoms with Crippen LogP contribution in [0.2, 0.25) is 0 Å². The summed E-state index contributed by atoms with van der Waals surface area (Å²) in [5.74, 6) is -0.287. The van der Waals surface area contributed by atoms with Crippen molar-refractivity contribution < 1.29 is 14.3 Å². The molecule has 2 amide bonds. The van der Waals surface area contributed by atoms with E-state index in [0.29, 0.717) is 23.1 Å². The lowest BCUT2D eigenvalue weighted by Crippen LogP contribution is -2.38. The Morgan fingerprint density at radius 3 is 2.96 bits per heavy atom. The van der Waals surface area contributed by atoms with Crippen molar-refractivity contribution in [1.29, 1.82) is 0 Å². The van der Waals surface area contributed by atoms with Gasteiger partial charge < -0.3 is 10.0 Å². The molecule has 1 aliphatic carbocycles. The number of carbonyl (C=O) groups excluding carboxylic acids is 1. The Bertz CT molecular complexity index is 690. The van der Waals surface area contributed by atoms with Gasteiger partial charge in [0.1, 0.15) is 10.8 Å². The van der Waals surface area contributed by atoms with Crippen LogP contribution >= 0.6 is 11.3 Å². The third-order valence-corrected chi connectivity index (χ3v) is 4.35. The molecule has 1 aromatic heterocycles. The molecule has 0 radical (unpaired) electrons. The fraction of sp³-hybridized carbons (Fsp3) is 0.400. The predicted octanol–water partition coefficient (Wildman–Crippen LogP) is 2.26. The van der Waals surface area contributed by atoms with Gasteiger partial charge in [0.15, 0.2) is 0 Å². The van der Waals surface area contributed by atoms with Crippen molar-refractivity contribution in [3.8, 4) is 0 Å². The van der Waals surface area contributed by atoms with Gasteiger partial charge in [-0.3, -0.25) is 5.32 Å². The molecule has 1 fully saturated rings. The number of rotatable bonds is 6. The SMILES string of the molecule is O=C(Nc1nnc(Cc2cccc(F)c2)s1)N(CCO)C1CC1. The first kappa shape index (κ1) is 15.8. The number of benzene rings is 1. The van der Waals surface area contributed by atoms with E-state index in [9.17, 15) is 9.18 Å². The molecule has 0 bridgehead atoms. The molecule has 1 aliphatic rings. The molecule has 0 spiro atoms. The molecule has 3 rings (SSSR count). The van der Waals surface area contributed by atoms with Crippen molar-refractivity contribution in [2.45, 2.75) is 25.3 Å². The average molecular weight is 336 g/mol. The molecule has 2 aromatic rings. The van der Waals surface area contributed by atoms with Crippen LogP contribution in [0.5, 0.6) is 0 Å². The molecule has 122 valence electrons. The maximum atomic E-state index is 13.2. The molecule has 2 N–H and O–H groups in total. The van der Waals surface area contributed by atoms with Crippen molar-refractivity contribution in [3.05, 3.63) is 40.7 Å². The van der Waals surface area contributed by atoms with E-state index in [1.54, 1.807) is 11.0 Å². The second kappa shape index (κ2) is 7.01. The molecule has 1 aromatic carbocycles. The molecule has 8 heteroatoms. The zero-order valence-corrected chi connectivity index (χ0v) is 13.2. The molecular formula is C15H17FN4O2S. The first-order valence-electron chi connectivity index (χ1n) is 7.41. The summed E-state index contributed by atoms with van der Waals surface area (Å²) in [6.45, 7) is 0.246. The van der Waals surface area contributed by atoms with E-state index in [2.05, 4.69) is 15.5 Å². The number of aliphatic hydroxyl groups excluding tert-OH is 1. The quantitative estimate of drug-likeness (QED) is 0.848. The summed E-state index contributed by atoms with van der Waals surface area (Å²) in [4.78, 5) is 13.8. The van der Waals surface area contributed by atoms with Crippen molar-refractivity contribution in [2.75, 3.05) is 18.5 Å². The summed E-state index contributed by atoms with van der Waals surface area (Å²) in [5.41, 5.74) is 0.805. The Kier molecular flexibility index (Phi) is 4.82. The molecule has 23 heavy (non-hydrogen) atoms. The van der Waals surface area contributed by atoms with Gasteiger partial charge in [-0.15, -0.1) is 10.2 Å². The minimum Gasteiger partial charge on any atom is -0.395 e. The van der Waals surface area contributed by atoms with Crippen LogP contribution in [0.4, 0.5) is 14.3 Å². The highest BCUT2D eigenvalue weighted by atomic mass is 32.1. The number of aliphatic hydroxyl groups is 1. The van der Waals surface area contributed by atoms with Gasteiger partial charge in [0, 0.05) is 19.0 Å². The van der Waals surface area contributed by atoms with Crippen LogP contribution in [0.1, 0.15) is 23.4 Å². The van der Waals surface area contributed by atoms with E-state index in [1.807, 2.05) is 6.07 Å². The van der Waals surface area contributed by atoms with E-state index < -0.39 is 0 Å². The van der Waals surface area contributed by atoms with Gasteiger partial charge in [0.25, 0.3) is 0 Å². The highest BCUT2D eigenvalue weighted by Gasteiger charge is 2.32. The number of amides is 2. The van der Waals surface area contributed by atoms with Crippen LogP contribution in [-0.4, -0.2) is 45.4 Å². The summed E-state index contributed by atoms with van der Waals surface area (Å²) in [6.07, 6.45) is 2.40. The minimum absolute atomic E-state index is 0.0646. The van der Waals surface area contributed by atoms with Gasteiger partial charge >= 0.3 is 6.03 Å². The van der Waals surface area contributed by atoms with Gasteiger partial charge in [-0.2, -0.15) is 0 Å². The smallest absolute Gasteiger partial charge is 0.324 e. The Hall–Kier alpha value is -2.06. The number of carbonyl (C=O) groups is 1. The van der Waals surface area contributed by atoms with Crippen molar-refractivity contribution in [1.82, 2.24) is 15.1 Å². The third kappa shape index (κ3) is 4.23. The largest absolute Gasteiger partial charge is 0.395 e. The predicted molar refractivity (Wildman–Crippen MR) is 84.9 cm³/mol. The maximum absolute atomic E-state index is 13.2. The maximum Gasteiger partial charge on any atom is 0.324 e. The number of aromatic nitrogens is 2. The van der Waals surface area contributed by atoms with Crippen LogP contribution < -0.4 is 5.32 Å². The molecular weight excluding hydrogens is 319 g/mol. The lowest BCUT2D eigenvalue weighted by Gasteiger charge is -2.20. The van der Waals surface area contributed by atoms with Gasteiger partial charge in [-0.1, -0.05) is 23.5 Å². The number of nitrogens with zero attached hydrogens (tertiary/aromatic N) is 3. The standard InChI is InChI=1S/C15H17FN4O2S/c16-11-3-1-2-10(8-11)9-13-18-19-14(23-13)17-15(22)20(6-7-21)12-4-5-12/h1-3,8,12,21H,4-7,9H2,(H,17,19,22). The zero-order chi connectivity index (χ0) is 16.2. The first-order valence-corrected chi connectivity index (χ1v) is 8.22. The monoisotopic (exact) mass is 336 g/mol. The lowest BCUT2D eigenvalue weighted by atomic mass is 10.1. The van der Waals surface area contributed by atoms with E-state index in [1.165, 1.54) is 23.5 Å². The summed E-state index contributed by atoms with van der Waals surface area (Å²) in [7, 11) is 0. The highest BCUT2D eigenvalue weighted by molar-refractivity contribution is 7.15. The van der Waals surface area contributed by atoms with Crippen molar-refractivity contribution in [3.63, 3.8) is 0 Å². The molecule has 0 saturated heterocycles. The summed E-state index contributed by atoms with van der Waals surface area (Å²) in [6, 6.07) is 6.26. The Morgan fingerprint density at radius 1 is 1.43 bits per heavy atom. The number of hydrogen-bond donors (Lipinski definition) is 2. The first-order chi connectivity index (χ1) is 11.2.